The van der Waals surface area contributed by atoms with Crippen LogP contribution in [0.4, 0.5) is 11.7 Å². The number of hydrogen-bond acceptors (Lipinski definition) is 5. The number of aryl methyl sites for hydroxylation is 2. The van der Waals surface area contributed by atoms with Crippen LogP contribution in [0.3, 0.4) is 0 Å². The first-order valence-corrected chi connectivity index (χ1v) is 5.68. The molecule has 0 atom stereocenters. The van der Waals surface area contributed by atoms with E-state index < -0.39 is 5.91 Å². The molecule has 0 saturated heterocycles. The third-order valence-electron chi connectivity index (χ3n) is 2.44. The minimum atomic E-state index is -0.437. The molecule has 2 heterocycles. The van der Waals surface area contributed by atoms with E-state index in [4.69, 9.17) is 10.2 Å². The molecule has 0 aliphatic rings. The van der Waals surface area contributed by atoms with Gasteiger partial charge in [0.2, 0.25) is 0 Å². The van der Waals surface area contributed by atoms with E-state index in [2.05, 4.69) is 20.5 Å². The molecule has 0 aliphatic carbocycles. The fourth-order valence-electron chi connectivity index (χ4n) is 1.57. The van der Waals surface area contributed by atoms with Gasteiger partial charge in [-0.3, -0.25) is 15.2 Å². The summed E-state index contributed by atoms with van der Waals surface area (Å²) >= 11 is 0. The van der Waals surface area contributed by atoms with Crippen LogP contribution in [0.15, 0.2) is 10.7 Å². The molecular formula is C11H15N5O2. The number of nitrogens with one attached hydrogen (secondary N) is 2. The molecule has 2 aromatic rings. The highest BCUT2D eigenvalue weighted by atomic mass is 16.4. The molecule has 0 bridgehead atoms. The van der Waals surface area contributed by atoms with Gasteiger partial charge in [-0.15, -0.1) is 0 Å². The molecule has 0 spiro atoms. The zero-order chi connectivity index (χ0) is 13.1. The number of aromatic nitrogens is 3. The largest absolute Gasteiger partial charge is 0.432 e. The Hall–Kier alpha value is -2.31. The van der Waals surface area contributed by atoms with Crippen molar-refractivity contribution in [2.75, 3.05) is 11.1 Å². The lowest BCUT2D eigenvalue weighted by atomic mass is 10.2. The lowest BCUT2D eigenvalue weighted by Gasteiger charge is -1.99. The Balaban J connectivity index is 2.14. The van der Waals surface area contributed by atoms with Crippen molar-refractivity contribution >= 4 is 17.6 Å². The van der Waals surface area contributed by atoms with E-state index in [-0.39, 0.29) is 11.7 Å². The number of nitrogen functional groups attached to an aromatic ring is 1. The highest BCUT2D eigenvalue weighted by Crippen LogP contribution is 2.17. The van der Waals surface area contributed by atoms with Crippen molar-refractivity contribution in [3.05, 3.63) is 23.3 Å². The number of nitrogens with zero attached hydrogens (tertiary/aromatic N) is 2. The SMILES string of the molecule is CCCc1[nH]nc(C(=O)Nc2nc(C)co2)c1N. The van der Waals surface area contributed by atoms with E-state index in [1.165, 1.54) is 6.26 Å². The highest BCUT2D eigenvalue weighted by molar-refractivity contribution is 6.05. The second-order valence-electron chi connectivity index (χ2n) is 3.96. The average molecular weight is 249 g/mol. The molecule has 7 nitrogen and oxygen atoms in total. The molecule has 2 aromatic heterocycles. The molecule has 0 aromatic carbocycles. The van der Waals surface area contributed by atoms with Crippen molar-refractivity contribution in [1.82, 2.24) is 15.2 Å². The Kier molecular flexibility index (Phi) is 3.31. The van der Waals surface area contributed by atoms with Gasteiger partial charge in [0.25, 0.3) is 5.91 Å². The van der Waals surface area contributed by atoms with Gasteiger partial charge in [0, 0.05) is 0 Å². The van der Waals surface area contributed by atoms with Crippen LogP contribution >= 0.6 is 0 Å². The predicted molar refractivity (Wildman–Crippen MR) is 66.2 cm³/mol. The summed E-state index contributed by atoms with van der Waals surface area (Å²) in [5, 5.41) is 9.16. The summed E-state index contributed by atoms with van der Waals surface area (Å²) in [5.41, 5.74) is 7.83. The average Bonchev–Trinajstić information content (AvgIpc) is 2.87. The third-order valence-corrected chi connectivity index (χ3v) is 2.44. The van der Waals surface area contributed by atoms with Crippen LogP contribution < -0.4 is 11.1 Å². The van der Waals surface area contributed by atoms with Crippen molar-refractivity contribution in [1.29, 1.82) is 0 Å². The molecular weight excluding hydrogens is 234 g/mol. The van der Waals surface area contributed by atoms with Crippen LogP contribution in [0.25, 0.3) is 0 Å². The maximum Gasteiger partial charge on any atom is 0.301 e. The van der Waals surface area contributed by atoms with Crippen LogP contribution in [0, 0.1) is 6.92 Å². The molecule has 0 radical (unpaired) electrons. The zero-order valence-corrected chi connectivity index (χ0v) is 10.3. The number of rotatable bonds is 4. The summed E-state index contributed by atoms with van der Waals surface area (Å²) in [5.74, 6) is -0.437. The first kappa shape index (κ1) is 12.2. The number of anilines is 2. The quantitative estimate of drug-likeness (QED) is 0.760. The van der Waals surface area contributed by atoms with Crippen LogP contribution in [0.2, 0.25) is 0 Å². The number of H-pyrrole nitrogens is 1. The van der Waals surface area contributed by atoms with Gasteiger partial charge >= 0.3 is 6.01 Å². The molecule has 0 fully saturated rings. The number of hydrogen-bond donors (Lipinski definition) is 3. The van der Waals surface area contributed by atoms with E-state index in [0.717, 1.165) is 18.5 Å². The Bertz CT molecular complexity index is 558. The minimum absolute atomic E-state index is 0.136. The normalized spacial score (nSPS) is 10.6. The number of carbonyl (C=O) groups excluding carboxylic acids is 1. The highest BCUT2D eigenvalue weighted by Gasteiger charge is 2.18. The van der Waals surface area contributed by atoms with Crippen LogP contribution in [-0.2, 0) is 6.42 Å². The first-order valence-electron chi connectivity index (χ1n) is 5.68. The van der Waals surface area contributed by atoms with Gasteiger partial charge < -0.3 is 10.2 Å². The Labute approximate surface area is 104 Å². The van der Waals surface area contributed by atoms with Gasteiger partial charge in [-0.25, -0.2) is 0 Å². The molecule has 96 valence electrons. The smallest absolute Gasteiger partial charge is 0.301 e. The van der Waals surface area contributed by atoms with Gasteiger partial charge in [0.1, 0.15) is 6.26 Å². The second kappa shape index (κ2) is 4.91. The third kappa shape index (κ3) is 2.34. The number of oxazole rings is 1. The first-order chi connectivity index (χ1) is 8.61. The number of nitrogens with two attached hydrogens (primary N) is 1. The molecule has 0 aliphatic heterocycles. The van der Waals surface area contributed by atoms with Gasteiger partial charge in [-0.05, 0) is 13.3 Å². The molecule has 0 saturated carbocycles. The Morgan fingerprint density at radius 3 is 3.00 bits per heavy atom. The lowest BCUT2D eigenvalue weighted by Crippen LogP contribution is -2.14. The van der Waals surface area contributed by atoms with Gasteiger partial charge in [0.05, 0.1) is 17.1 Å². The summed E-state index contributed by atoms with van der Waals surface area (Å²) in [4.78, 5) is 15.9. The van der Waals surface area contributed by atoms with E-state index in [1.807, 2.05) is 6.92 Å². The Morgan fingerprint density at radius 1 is 1.61 bits per heavy atom. The molecule has 1 amide bonds. The summed E-state index contributed by atoms with van der Waals surface area (Å²) in [7, 11) is 0. The van der Waals surface area contributed by atoms with Crippen molar-refractivity contribution in [2.24, 2.45) is 0 Å². The van der Waals surface area contributed by atoms with Crippen molar-refractivity contribution in [2.45, 2.75) is 26.7 Å². The van der Waals surface area contributed by atoms with Crippen LogP contribution in [-0.4, -0.2) is 21.1 Å². The van der Waals surface area contributed by atoms with Crippen LogP contribution in [0.5, 0.6) is 0 Å². The van der Waals surface area contributed by atoms with Crippen molar-refractivity contribution < 1.29 is 9.21 Å². The molecule has 2 rings (SSSR count). The summed E-state index contributed by atoms with van der Waals surface area (Å²) < 4.78 is 5.03. The standard InChI is InChI=1S/C11H15N5O2/c1-3-4-7-8(12)9(16-15-7)10(17)14-11-13-6(2)5-18-11/h5H,3-4,12H2,1-2H3,(H,15,16)(H,13,14,17). The van der Waals surface area contributed by atoms with E-state index in [9.17, 15) is 4.79 Å². The minimum Gasteiger partial charge on any atom is -0.432 e. The number of amides is 1. The van der Waals surface area contributed by atoms with E-state index in [0.29, 0.717) is 11.4 Å². The molecule has 7 heteroatoms. The molecule has 18 heavy (non-hydrogen) atoms. The fourth-order valence-corrected chi connectivity index (χ4v) is 1.57. The van der Waals surface area contributed by atoms with E-state index >= 15 is 0 Å². The summed E-state index contributed by atoms with van der Waals surface area (Å²) in [6.45, 7) is 3.79. The zero-order valence-electron chi connectivity index (χ0n) is 10.3. The topological polar surface area (TPSA) is 110 Å². The summed E-state index contributed by atoms with van der Waals surface area (Å²) in [6.07, 6.45) is 3.13. The predicted octanol–water partition coefficient (Wildman–Crippen LogP) is 1.49. The fraction of sp³-hybridized carbons (Fsp3) is 0.364. The number of carbonyl (C=O) groups is 1. The van der Waals surface area contributed by atoms with Crippen molar-refractivity contribution in [3.8, 4) is 0 Å². The van der Waals surface area contributed by atoms with E-state index in [1.54, 1.807) is 6.92 Å². The van der Waals surface area contributed by atoms with Gasteiger partial charge in [-0.2, -0.15) is 10.1 Å². The monoisotopic (exact) mass is 249 g/mol. The maximum atomic E-state index is 11.9. The maximum absolute atomic E-state index is 11.9. The molecule has 0 unspecified atom stereocenters. The molecule has 4 N–H and O–H groups in total. The Morgan fingerprint density at radius 2 is 2.39 bits per heavy atom. The van der Waals surface area contributed by atoms with Gasteiger partial charge in [0.15, 0.2) is 5.69 Å². The van der Waals surface area contributed by atoms with Crippen molar-refractivity contribution in [3.63, 3.8) is 0 Å². The van der Waals surface area contributed by atoms with Crippen LogP contribution in [0.1, 0.15) is 35.2 Å². The second-order valence-corrected chi connectivity index (χ2v) is 3.96. The number of aromatic amines is 1. The van der Waals surface area contributed by atoms with Gasteiger partial charge in [-0.1, -0.05) is 13.3 Å². The lowest BCUT2D eigenvalue weighted by molar-refractivity contribution is 0.102. The summed E-state index contributed by atoms with van der Waals surface area (Å²) in [6, 6.07) is 0.136.